The van der Waals surface area contributed by atoms with E-state index < -0.39 is 0 Å². The Bertz CT molecular complexity index is 2800. The quantitative estimate of drug-likeness (QED) is 0.144. The molecular formula is C44H27N. The molecule has 0 radical (unpaired) electrons. The summed E-state index contributed by atoms with van der Waals surface area (Å²) in [4.78, 5) is 0. The Kier molecular flexibility index (Phi) is 5.06. The Hall–Kier alpha value is -5.92. The average Bonchev–Trinajstić information content (AvgIpc) is 3.44. The summed E-state index contributed by atoms with van der Waals surface area (Å²) < 4.78 is 2.41. The molecule has 208 valence electrons. The molecular weight excluding hydrogens is 542 g/mol. The fraction of sp³-hybridized carbons (Fsp3) is 0. The van der Waals surface area contributed by atoms with Crippen molar-refractivity contribution in [3.63, 3.8) is 0 Å². The summed E-state index contributed by atoms with van der Waals surface area (Å²) in [5.41, 5.74) is 6.11. The molecule has 0 N–H and O–H groups in total. The van der Waals surface area contributed by atoms with Gasteiger partial charge in [0, 0.05) is 16.5 Å². The van der Waals surface area contributed by atoms with E-state index in [1.807, 2.05) is 0 Å². The third-order valence-electron chi connectivity index (χ3n) is 9.71. The summed E-state index contributed by atoms with van der Waals surface area (Å²) in [6, 6.07) is 60.3. The fourth-order valence-corrected chi connectivity index (χ4v) is 7.73. The van der Waals surface area contributed by atoms with E-state index in [9.17, 15) is 0 Å². The molecule has 0 bridgehead atoms. The van der Waals surface area contributed by atoms with Crippen LogP contribution in [-0.2, 0) is 0 Å². The fourth-order valence-electron chi connectivity index (χ4n) is 7.73. The molecule has 10 rings (SSSR count). The Labute approximate surface area is 260 Å². The Balaban J connectivity index is 1.35. The van der Waals surface area contributed by atoms with Gasteiger partial charge < -0.3 is 4.57 Å². The molecule has 0 spiro atoms. The van der Waals surface area contributed by atoms with Crippen LogP contribution in [0.3, 0.4) is 0 Å². The van der Waals surface area contributed by atoms with Gasteiger partial charge in [0.15, 0.2) is 0 Å². The highest BCUT2D eigenvalue weighted by molar-refractivity contribution is 6.34. The summed E-state index contributed by atoms with van der Waals surface area (Å²) in [7, 11) is 0. The second-order valence-electron chi connectivity index (χ2n) is 12.1. The minimum atomic E-state index is 1.17. The molecule has 1 nitrogen and oxygen atoms in total. The van der Waals surface area contributed by atoms with Crippen molar-refractivity contribution in [1.29, 1.82) is 0 Å². The van der Waals surface area contributed by atoms with Crippen LogP contribution >= 0.6 is 0 Å². The number of rotatable bonds is 2. The van der Waals surface area contributed by atoms with Gasteiger partial charge in [-0.1, -0.05) is 121 Å². The van der Waals surface area contributed by atoms with Crippen molar-refractivity contribution in [2.24, 2.45) is 0 Å². The van der Waals surface area contributed by atoms with Crippen molar-refractivity contribution in [2.45, 2.75) is 0 Å². The number of fused-ring (bicyclic) bond motifs is 12. The number of para-hydroxylation sites is 2. The zero-order valence-electron chi connectivity index (χ0n) is 24.5. The lowest BCUT2D eigenvalue weighted by atomic mass is 9.86. The summed E-state index contributed by atoms with van der Waals surface area (Å²) in [5.74, 6) is 0. The summed E-state index contributed by atoms with van der Waals surface area (Å²) in [6.45, 7) is 0. The molecule has 9 aromatic carbocycles. The standard InChI is InChI=1S/C44H27N/c1-2-14-31(15-3-1)45-42-21-11-10-19-35(42)36-23-22-30(26-43(36)45)38-27-41-33-17-7-6-16-32(33)39-24-28-12-4-5-13-29(28)25-40(39)44(41)37-20-9-8-18-34(37)38/h1-27H. The Morgan fingerprint density at radius 3 is 1.64 bits per heavy atom. The normalized spacial score (nSPS) is 12.0. The van der Waals surface area contributed by atoms with Gasteiger partial charge in [-0.15, -0.1) is 0 Å². The molecule has 1 heteroatoms. The molecule has 10 aromatic rings. The number of hydrogen-bond donors (Lipinski definition) is 0. The third-order valence-corrected chi connectivity index (χ3v) is 9.71. The minimum Gasteiger partial charge on any atom is -0.309 e. The predicted octanol–water partition coefficient (Wildman–Crippen LogP) is 12.2. The average molecular weight is 570 g/mol. The van der Waals surface area contributed by atoms with E-state index in [-0.39, 0.29) is 0 Å². The molecule has 1 heterocycles. The number of aromatic nitrogens is 1. The molecule has 0 amide bonds. The van der Waals surface area contributed by atoms with Crippen LogP contribution in [0.25, 0.3) is 92.5 Å². The van der Waals surface area contributed by atoms with E-state index in [1.54, 1.807) is 0 Å². The monoisotopic (exact) mass is 569 g/mol. The number of hydrogen-bond acceptors (Lipinski definition) is 0. The van der Waals surface area contributed by atoms with Gasteiger partial charge in [-0.3, -0.25) is 0 Å². The lowest BCUT2D eigenvalue weighted by molar-refractivity contribution is 1.18. The van der Waals surface area contributed by atoms with E-state index in [0.29, 0.717) is 0 Å². The van der Waals surface area contributed by atoms with Crippen LogP contribution in [0.1, 0.15) is 0 Å². The van der Waals surface area contributed by atoms with Gasteiger partial charge in [-0.05, 0) is 107 Å². The molecule has 0 saturated heterocycles. The maximum absolute atomic E-state index is 2.45. The first kappa shape index (κ1) is 24.5. The Morgan fingerprint density at radius 2 is 0.867 bits per heavy atom. The van der Waals surface area contributed by atoms with Crippen LogP contribution in [0.5, 0.6) is 0 Å². The highest BCUT2D eigenvalue weighted by atomic mass is 15.0. The zero-order valence-corrected chi connectivity index (χ0v) is 24.5. The molecule has 45 heavy (non-hydrogen) atoms. The van der Waals surface area contributed by atoms with Crippen molar-refractivity contribution < 1.29 is 0 Å². The van der Waals surface area contributed by atoms with Crippen LogP contribution in [0.15, 0.2) is 164 Å². The maximum Gasteiger partial charge on any atom is 0.0547 e. The van der Waals surface area contributed by atoms with Gasteiger partial charge in [0.2, 0.25) is 0 Å². The number of nitrogens with zero attached hydrogens (tertiary/aromatic N) is 1. The molecule has 0 aliphatic rings. The van der Waals surface area contributed by atoms with E-state index in [1.165, 1.54) is 92.5 Å². The highest BCUT2D eigenvalue weighted by Crippen LogP contribution is 2.44. The van der Waals surface area contributed by atoms with Gasteiger partial charge in [-0.2, -0.15) is 0 Å². The first-order valence-electron chi connectivity index (χ1n) is 15.6. The minimum absolute atomic E-state index is 1.17. The smallest absolute Gasteiger partial charge is 0.0547 e. The van der Waals surface area contributed by atoms with Gasteiger partial charge >= 0.3 is 0 Å². The van der Waals surface area contributed by atoms with Crippen molar-refractivity contribution in [3.05, 3.63) is 164 Å². The lowest BCUT2D eigenvalue weighted by Gasteiger charge is -2.17. The van der Waals surface area contributed by atoms with E-state index in [2.05, 4.69) is 168 Å². The van der Waals surface area contributed by atoms with E-state index >= 15 is 0 Å². The van der Waals surface area contributed by atoms with Crippen LogP contribution in [0.4, 0.5) is 0 Å². The first-order valence-corrected chi connectivity index (χ1v) is 15.6. The molecule has 0 atom stereocenters. The van der Waals surface area contributed by atoms with Crippen molar-refractivity contribution in [2.75, 3.05) is 0 Å². The van der Waals surface area contributed by atoms with Crippen molar-refractivity contribution in [1.82, 2.24) is 4.57 Å². The van der Waals surface area contributed by atoms with E-state index in [4.69, 9.17) is 0 Å². The van der Waals surface area contributed by atoms with Crippen LogP contribution in [-0.4, -0.2) is 4.57 Å². The summed E-state index contributed by atoms with van der Waals surface area (Å²) >= 11 is 0. The summed E-state index contributed by atoms with van der Waals surface area (Å²) in [6.07, 6.45) is 0. The second-order valence-corrected chi connectivity index (χ2v) is 12.1. The zero-order chi connectivity index (χ0) is 29.5. The first-order chi connectivity index (χ1) is 22.3. The van der Waals surface area contributed by atoms with E-state index in [0.717, 1.165) is 0 Å². The van der Waals surface area contributed by atoms with Crippen LogP contribution < -0.4 is 0 Å². The number of benzene rings is 9. The van der Waals surface area contributed by atoms with Gasteiger partial charge in [0.1, 0.15) is 0 Å². The molecule has 0 aliphatic heterocycles. The second kappa shape index (κ2) is 9.29. The van der Waals surface area contributed by atoms with Gasteiger partial charge in [0.05, 0.1) is 11.0 Å². The third kappa shape index (κ3) is 3.50. The maximum atomic E-state index is 2.45. The molecule has 0 unspecified atom stereocenters. The molecule has 1 aromatic heterocycles. The van der Waals surface area contributed by atoms with Crippen molar-refractivity contribution >= 4 is 75.7 Å². The SMILES string of the molecule is c1ccc(-n2c3ccccc3c3ccc(-c4cc5c6ccccc6c6cc7ccccc7cc6c5c5ccccc45)cc32)cc1. The van der Waals surface area contributed by atoms with Crippen LogP contribution in [0, 0.1) is 0 Å². The topological polar surface area (TPSA) is 4.93 Å². The molecule has 0 aliphatic carbocycles. The molecule has 0 fully saturated rings. The van der Waals surface area contributed by atoms with Gasteiger partial charge in [0.25, 0.3) is 0 Å². The van der Waals surface area contributed by atoms with Crippen LogP contribution in [0.2, 0.25) is 0 Å². The van der Waals surface area contributed by atoms with Crippen molar-refractivity contribution in [3.8, 4) is 16.8 Å². The molecule has 0 saturated carbocycles. The predicted molar refractivity (Wildman–Crippen MR) is 194 cm³/mol. The summed E-state index contributed by atoms with van der Waals surface area (Å²) in [5, 5.41) is 15.5. The largest absolute Gasteiger partial charge is 0.309 e. The van der Waals surface area contributed by atoms with Gasteiger partial charge in [-0.25, -0.2) is 0 Å². The Morgan fingerprint density at radius 1 is 0.311 bits per heavy atom. The lowest BCUT2D eigenvalue weighted by Crippen LogP contribution is -1.93. The highest BCUT2D eigenvalue weighted by Gasteiger charge is 2.18.